The van der Waals surface area contributed by atoms with E-state index in [2.05, 4.69) is 0 Å². The van der Waals surface area contributed by atoms with E-state index in [0.29, 0.717) is 6.10 Å². The number of epoxide rings is 1. The van der Waals surface area contributed by atoms with E-state index in [1.165, 1.54) is 6.42 Å². The molecule has 2 rings (SSSR count). The van der Waals surface area contributed by atoms with Gasteiger partial charge in [0.05, 0.1) is 6.10 Å². The number of allylic oxidation sites excluding steroid dienone is 1. The summed E-state index contributed by atoms with van der Waals surface area (Å²) in [5.41, 5.74) is 0.995. The number of hydrogen-bond acceptors (Lipinski definition) is 2. The first-order chi connectivity index (χ1) is 5.65. The van der Waals surface area contributed by atoms with Crippen LogP contribution in [0, 0.1) is 0 Å². The number of aliphatic hydroxyl groups is 1. The molecule has 1 N–H and O–H groups in total. The summed E-state index contributed by atoms with van der Waals surface area (Å²) in [5.74, 6) is 0. The van der Waals surface area contributed by atoms with Crippen molar-refractivity contribution in [3.8, 4) is 0 Å². The van der Waals surface area contributed by atoms with Gasteiger partial charge in [0.1, 0.15) is 11.7 Å². The Labute approximate surface area is 73.2 Å². The Hall–Kier alpha value is -0.340. The van der Waals surface area contributed by atoms with E-state index in [4.69, 9.17) is 4.74 Å². The summed E-state index contributed by atoms with van der Waals surface area (Å²) < 4.78 is 5.51. The number of fused-ring (bicyclic) bond motifs is 1. The minimum Gasteiger partial charge on any atom is -0.386 e. The molecule has 0 radical (unpaired) electrons. The molecule has 68 valence electrons. The fourth-order valence-electron chi connectivity index (χ4n) is 2.18. The summed E-state index contributed by atoms with van der Waals surface area (Å²) >= 11 is 0. The molecule has 2 nitrogen and oxygen atoms in total. The molecule has 0 amide bonds. The molecular formula is C10H16O2. The van der Waals surface area contributed by atoms with Gasteiger partial charge in [0.2, 0.25) is 0 Å². The maximum Gasteiger partial charge on any atom is 0.124 e. The van der Waals surface area contributed by atoms with Gasteiger partial charge in [0.15, 0.2) is 0 Å². The highest BCUT2D eigenvalue weighted by molar-refractivity contribution is 5.18. The van der Waals surface area contributed by atoms with Crippen LogP contribution in [0.5, 0.6) is 0 Å². The molecule has 1 aliphatic heterocycles. The lowest BCUT2D eigenvalue weighted by atomic mass is 9.98. The number of rotatable bonds is 2. The summed E-state index contributed by atoms with van der Waals surface area (Å²) in [5, 5.41) is 9.82. The molecule has 2 aliphatic rings. The van der Waals surface area contributed by atoms with Gasteiger partial charge in [0.25, 0.3) is 0 Å². The van der Waals surface area contributed by atoms with Crippen LogP contribution in [0.2, 0.25) is 0 Å². The molecule has 1 saturated heterocycles. The zero-order valence-corrected chi connectivity index (χ0v) is 7.71. The van der Waals surface area contributed by atoms with Crippen LogP contribution in [0.25, 0.3) is 0 Å². The van der Waals surface area contributed by atoms with Gasteiger partial charge in [-0.05, 0) is 33.1 Å². The predicted molar refractivity (Wildman–Crippen MR) is 46.9 cm³/mol. The molecule has 0 bridgehead atoms. The third-order valence-corrected chi connectivity index (χ3v) is 2.88. The molecule has 2 fully saturated rings. The standard InChI is InChI=1S/C10H16O2/c1-7(2)6-8(11)10-5-3-4-9(10)12-10/h6,8-9,11H,3-5H2,1-2H3/t8-,9?,10?/m0/s1. The van der Waals surface area contributed by atoms with Crippen LogP contribution in [0.4, 0.5) is 0 Å². The SMILES string of the molecule is CC(C)=C[C@H](O)C12CCCC1O2. The van der Waals surface area contributed by atoms with Crippen LogP contribution >= 0.6 is 0 Å². The van der Waals surface area contributed by atoms with E-state index in [1.54, 1.807) is 0 Å². The molecule has 0 aromatic rings. The van der Waals surface area contributed by atoms with Crippen molar-refractivity contribution in [1.82, 2.24) is 0 Å². The fraction of sp³-hybridized carbons (Fsp3) is 0.800. The average molecular weight is 168 g/mol. The van der Waals surface area contributed by atoms with E-state index in [0.717, 1.165) is 18.4 Å². The predicted octanol–water partition coefficient (Wildman–Crippen LogP) is 1.64. The van der Waals surface area contributed by atoms with Crippen LogP contribution in [0.3, 0.4) is 0 Å². The topological polar surface area (TPSA) is 32.8 Å². The lowest BCUT2D eigenvalue weighted by molar-refractivity contribution is 0.102. The Morgan fingerprint density at radius 2 is 2.42 bits per heavy atom. The van der Waals surface area contributed by atoms with Crippen LogP contribution in [-0.4, -0.2) is 22.9 Å². The highest BCUT2D eigenvalue weighted by Crippen LogP contribution is 2.52. The highest BCUT2D eigenvalue weighted by Gasteiger charge is 2.62. The summed E-state index contributed by atoms with van der Waals surface area (Å²) in [6.07, 6.45) is 5.25. The first kappa shape index (κ1) is 8.27. The smallest absolute Gasteiger partial charge is 0.124 e. The minimum absolute atomic E-state index is 0.169. The van der Waals surface area contributed by atoms with Gasteiger partial charge in [-0.1, -0.05) is 11.6 Å². The van der Waals surface area contributed by atoms with Gasteiger partial charge in [-0.3, -0.25) is 0 Å². The van der Waals surface area contributed by atoms with Crippen LogP contribution < -0.4 is 0 Å². The molecule has 0 aromatic heterocycles. The lowest BCUT2D eigenvalue weighted by Crippen LogP contribution is -2.27. The van der Waals surface area contributed by atoms with Gasteiger partial charge >= 0.3 is 0 Å². The number of hydrogen-bond donors (Lipinski definition) is 1. The number of aliphatic hydroxyl groups excluding tert-OH is 1. The third kappa shape index (κ3) is 1.10. The Morgan fingerprint density at radius 3 is 2.83 bits per heavy atom. The van der Waals surface area contributed by atoms with Crippen molar-refractivity contribution in [3.05, 3.63) is 11.6 Å². The van der Waals surface area contributed by atoms with Crippen molar-refractivity contribution < 1.29 is 9.84 Å². The molecule has 2 unspecified atom stereocenters. The van der Waals surface area contributed by atoms with Crippen molar-refractivity contribution in [2.24, 2.45) is 0 Å². The Bertz CT molecular complexity index is 218. The number of ether oxygens (including phenoxy) is 1. The first-order valence-electron chi connectivity index (χ1n) is 4.66. The van der Waals surface area contributed by atoms with Crippen molar-refractivity contribution >= 4 is 0 Å². The van der Waals surface area contributed by atoms with Gasteiger partial charge < -0.3 is 9.84 Å². The zero-order valence-electron chi connectivity index (χ0n) is 7.71. The van der Waals surface area contributed by atoms with Crippen molar-refractivity contribution in [3.63, 3.8) is 0 Å². The second-order valence-corrected chi connectivity index (χ2v) is 4.14. The molecule has 1 heterocycles. The largest absolute Gasteiger partial charge is 0.386 e. The lowest BCUT2D eigenvalue weighted by Gasteiger charge is -2.13. The van der Waals surface area contributed by atoms with E-state index in [-0.39, 0.29) is 11.7 Å². The molecule has 12 heavy (non-hydrogen) atoms. The van der Waals surface area contributed by atoms with Crippen molar-refractivity contribution in [2.75, 3.05) is 0 Å². The summed E-state index contributed by atoms with van der Waals surface area (Å²) in [6.45, 7) is 4.01. The second kappa shape index (κ2) is 2.57. The van der Waals surface area contributed by atoms with Crippen LogP contribution in [-0.2, 0) is 4.74 Å². The van der Waals surface area contributed by atoms with E-state index < -0.39 is 0 Å². The van der Waals surface area contributed by atoms with Crippen LogP contribution in [0.15, 0.2) is 11.6 Å². The van der Waals surface area contributed by atoms with Crippen LogP contribution in [0.1, 0.15) is 33.1 Å². The first-order valence-corrected chi connectivity index (χ1v) is 4.66. The monoisotopic (exact) mass is 168 g/mol. The van der Waals surface area contributed by atoms with Gasteiger partial charge in [-0.2, -0.15) is 0 Å². The van der Waals surface area contributed by atoms with Gasteiger partial charge in [0, 0.05) is 0 Å². The van der Waals surface area contributed by atoms with Gasteiger partial charge in [-0.15, -0.1) is 0 Å². The van der Waals surface area contributed by atoms with E-state index in [9.17, 15) is 5.11 Å². The van der Waals surface area contributed by atoms with Crippen molar-refractivity contribution in [1.29, 1.82) is 0 Å². The third-order valence-electron chi connectivity index (χ3n) is 2.88. The molecule has 2 heteroatoms. The molecule has 1 saturated carbocycles. The summed E-state index contributed by atoms with van der Waals surface area (Å²) in [6, 6.07) is 0. The van der Waals surface area contributed by atoms with Gasteiger partial charge in [-0.25, -0.2) is 0 Å². The average Bonchev–Trinajstić information content (AvgIpc) is 2.55. The Balaban J connectivity index is 2.05. The summed E-state index contributed by atoms with van der Waals surface area (Å²) in [7, 11) is 0. The molecular weight excluding hydrogens is 152 g/mol. The maximum atomic E-state index is 9.82. The molecule has 1 aliphatic carbocycles. The second-order valence-electron chi connectivity index (χ2n) is 4.14. The normalized spacial score (nSPS) is 40.4. The molecule has 3 atom stereocenters. The Morgan fingerprint density at radius 1 is 1.67 bits per heavy atom. The Kier molecular flexibility index (Phi) is 1.77. The molecule has 0 aromatic carbocycles. The van der Waals surface area contributed by atoms with E-state index in [1.807, 2.05) is 19.9 Å². The van der Waals surface area contributed by atoms with E-state index >= 15 is 0 Å². The zero-order chi connectivity index (χ0) is 8.77. The fourth-order valence-corrected chi connectivity index (χ4v) is 2.18. The molecule has 0 spiro atoms. The minimum atomic E-state index is -0.380. The summed E-state index contributed by atoms with van der Waals surface area (Å²) in [4.78, 5) is 0. The highest BCUT2D eigenvalue weighted by atomic mass is 16.6. The maximum absolute atomic E-state index is 9.82. The van der Waals surface area contributed by atoms with Crippen molar-refractivity contribution in [2.45, 2.75) is 50.9 Å². The quantitative estimate of drug-likeness (QED) is 0.502.